The fourth-order valence-corrected chi connectivity index (χ4v) is 0.955. The number of nitrogens with zero attached hydrogens (tertiary/aromatic N) is 1. The van der Waals surface area contributed by atoms with E-state index in [2.05, 4.69) is 27.3 Å². The van der Waals surface area contributed by atoms with E-state index in [-0.39, 0.29) is 0 Å². The summed E-state index contributed by atoms with van der Waals surface area (Å²) in [4.78, 5) is 17.5. The molecule has 0 saturated carbocycles. The second-order valence-electron chi connectivity index (χ2n) is 1.88. The van der Waals surface area contributed by atoms with E-state index in [0.29, 0.717) is 17.1 Å². The van der Waals surface area contributed by atoms with E-state index in [1.54, 1.807) is 0 Å². The van der Waals surface area contributed by atoms with E-state index in [1.807, 2.05) is 0 Å². The number of carbonyl (C=O) groups is 1. The first-order valence-electron chi connectivity index (χ1n) is 3.01. The lowest BCUT2D eigenvalue weighted by atomic mass is 10.3. The lowest BCUT2D eigenvalue weighted by Crippen LogP contribution is -2.04. The molecule has 0 bridgehead atoms. The van der Waals surface area contributed by atoms with Crippen molar-refractivity contribution in [1.29, 1.82) is 0 Å². The number of thiol groups is 1. The summed E-state index contributed by atoms with van der Waals surface area (Å²) >= 11 is 4.00. The van der Waals surface area contributed by atoms with Gasteiger partial charge in [-0.3, -0.25) is 0 Å². The van der Waals surface area contributed by atoms with Gasteiger partial charge in [-0.1, -0.05) is 0 Å². The van der Waals surface area contributed by atoms with E-state index < -0.39 is 5.97 Å². The highest BCUT2D eigenvalue weighted by atomic mass is 32.1. The molecule has 1 N–H and O–H groups in total. The van der Waals surface area contributed by atoms with Crippen LogP contribution in [-0.4, -0.2) is 23.0 Å². The lowest BCUT2D eigenvalue weighted by Gasteiger charge is -1.95. The van der Waals surface area contributed by atoms with Gasteiger partial charge in [0.15, 0.2) is 5.69 Å². The average Bonchev–Trinajstić information content (AvgIpc) is 2.50. The summed E-state index contributed by atoms with van der Waals surface area (Å²) in [7, 11) is 1.32. The first-order valence-corrected chi connectivity index (χ1v) is 3.64. The smallest absolute Gasteiger partial charge is 0.358 e. The van der Waals surface area contributed by atoms with E-state index >= 15 is 0 Å². The van der Waals surface area contributed by atoms with Crippen molar-refractivity contribution >= 4 is 18.6 Å². The number of rotatable bonds is 2. The van der Waals surface area contributed by atoms with Gasteiger partial charge in [-0.05, 0) is 0 Å². The summed E-state index contributed by atoms with van der Waals surface area (Å²) in [5, 5.41) is 0. The van der Waals surface area contributed by atoms with Crippen molar-refractivity contribution in [2.75, 3.05) is 7.11 Å². The molecule has 1 aromatic heterocycles. The molecule has 1 heterocycles. The summed E-state index contributed by atoms with van der Waals surface area (Å²) in [6.07, 6.45) is 1.44. The monoisotopic (exact) mass is 172 g/mol. The maximum atomic E-state index is 10.9. The van der Waals surface area contributed by atoms with E-state index in [9.17, 15) is 4.79 Å². The van der Waals surface area contributed by atoms with Crippen molar-refractivity contribution in [1.82, 2.24) is 9.97 Å². The summed E-state index contributed by atoms with van der Waals surface area (Å²) in [5.74, 6) is 0.0139. The molecule has 0 aliphatic rings. The Hall–Kier alpha value is -0.970. The van der Waals surface area contributed by atoms with E-state index in [1.165, 1.54) is 13.4 Å². The number of aromatic amines is 1. The van der Waals surface area contributed by atoms with Crippen LogP contribution in [0.4, 0.5) is 0 Å². The Kier molecular flexibility index (Phi) is 2.53. The SMILES string of the molecule is COC(=O)c1nc[nH]c1CS. The van der Waals surface area contributed by atoms with Crippen LogP contribution in [0.3, 0.4) is 0 Å². The average molecular weight is 172 g/mol. The van der Waals surface area contributed by atoms with Crippen LogP contribution in [0.5, 0.6) is 0 Å². The van der Waals surface area contributed by atoms with E-state index in [4.69, 9.17) is 0 Å². The van der Waals surface area contributed by atoms with Gasteiger partial charge in [0.2, 0.25) is 0 Å². The Morgan fingerprint density at radius 3 is 3.18 bits per heavy atom. The topological polar surface area (TPSA) is 55.0 Å². The van der Waals surface area contributed by atoms with Gasteiger partial charge in [0, 0.05) is 5.75 Å². The highest BCUT2D eigenvalue weighted by Gasteiger charge is 2.12. The van der Waals surface area contributed by atoms with E-state index in [0.717, 1.165) is 0 Å². The first-order chi connectivity index (χ1) is 5.29. The van der Waals surface area contributed by atoms with Crippen molar-refractivity contribution < 1.29 is 9.53 Å². The zero-order valence-corrected chi connectivity index (χ0v) is 6.89. The fraction of sp³-hybridized carbons (Fsp3) is 0.333. The number of ether oxygens (including phenoxy) is 1. The second-order valence-corrected chi connectivity index (χ2v) is 2.20. The Bertz CT molecular complexity index is 259. The quantitative estimate of drug-likeness (QED) is 0.508. The maximum Gasteiger partial charge on any atom is 0.358 e. The number of aromatic nitrogens is 2. The third-order valence-corrected chi connectivity index (χ3v) is 1.57. The lowest BCUT2D eigenvalue weighted by molar-refractivity contribution is 0.0593. The minimum atomic E-state index is -0.435. The van der Waals surface area contributed by atoms with Crippen molar-refractivity contribution in [3.63, 3.8) is 0 Å². The second kappa shape index (κ2) is 3.43. The largest absolute Gasteiger partial charge is 0.464 e. The number of hydrogen-bond acceptors (Lipinski definition) is 4. The first kappa shape index (κ1) is 8.13. The van der Waals surface area contributed by atoms with Crippen molar-refractivity contribution in [3.05, 3.63) is 17.7 Å². The van der Waals surface area contributed by atoms with Crippen LogP contribution in [0.25, 0.3) is 0 Å². The van der Waals surface area contributed by atoms with Crippen molar-refractivity contribution in [2.45, 2.75) is 5.75 Å². The Labute approximate surface area is 69.4 Å². The van der Waals surface area contributed by atoms with Gasteiger partial charge >= 0.3 is 5.97 Å². The van der Waals surface area contributed by atoms with Gasteiger partial charge in [-0.15, -0.1) is 0 Å². The Morgan fingerprint density at radius 2 is 2.64 bits per heavy atom. The number of imidazole rings is 1. The predicted octanol–water partition coefficient (Wildman–Crippen LogP) is 0.626. The van der Waals surface area contributed by atoms with Crippen molar-refractivity contribution in [2.24, 2.45) is 0 Å². The van der Waals surface area contributed by atoms with Crippen LogP contribution >= 0.6 is 12.6 Å². The zero-order chi connectivity index (χ0) is 8.27. The molecule has 60 valence electrons. The molecule has 0 aliphatic heterocycles. The molecule has 0 saturated heterocycles. The van der Waals surface area contributed by atoms with Gasteiger partial charge in [-0.25, -0.2) is 9.78 Å². The van der Waals surface area contributed by atoms with Gasteiger partial charge in [0.1, 0.15) is 0 Å². The number of esters is 1. The highest BCUT2D eigenvalue weighted by molar-refractivity contribution is 7.79. The number of nitrogens with one attached hydrogen (secondary N) is 1. The molecule has 0 aromatic carbocycles. The molecule has 0 radical (unpaired) electrons. The normalized spacial score (nSPS) is 9.64. The molecule has 0 amide bonds. The Morgan fingerprint density at radius 1 is 1.91 bits per heavy atom. The van der Waals surface area contributed by atoms with Crippen LogP contribution in [0.15, 0.2) is 6.33 Å². The molecule has 0 atom stereocenters. The standard InChI is InChI=1S/C6H8N2O2S/c1-10-6(9)5-4(2-11)7-3-8-5/h3,11H,2H2,1H3,(H,7,8). The van der Waals surface area contributed by atoms with Crippen LogP contribution < -0.4 is 0 Å². The summed E-state index contributed by atoms with van der Waals surface area (Å²) in [6, 6.07) is 0. The molecule has 1 aromatic rings. The van der Waals surface area contributed by atoms with Crippen molar-refractivity contribution in [3.8, 4) is 0 Å². The minimum absolute atomic E-state index is 0.308. The summed E-state index contributed by atoms with van der Waals surface area (Å²) in [5.41, 5.74) is 0.989. The number of H-pyrrole nitrogens is 1. The number of carbonyl (C=O) groups excluding carboxylic acids is 1. The van der Waals surface area contributed by atoms with Crippen LogP contribution in [-0.2, 0) is 10.5 Å². The molecule has 11 heavy (non-hydrogen) atoms. The third kappa shape index (κ3) is 1.54. The zero-order valence-electron chi connectivity index (χ0n) is 6.00. The van der Waals surface area contributed by atoms with Crippen LogP contribution in [0, 0.1) is 0 Å². The molecule has 5 heteroatoms. The molecular weight excluding hydrogens is 164 g/mol. The van der Waals surface area contributed by atoms with Gasteiger partial charge < -0.3 is 9.72 Å². The molecule has 0 aliphatic carbocycles. The fourth-order valence-electron chi connectivity index (χ4n) is 0.714. The summed E-state index contributed by atoms with van der Waals surface area (Å²) < 4.78 is 4.48. The Balaban J connectivity index is 2.92. The maximum absolute atomic E-state index is 10.9. The molecule has 4 nitrogen and oxygen atoms in total. The van der Waals surface area contributed by atoms with Gasteiger partial charge in [-0.2, -0.15) is 12.6 Å². The molecule has 0 fully saturated rings. The van der Waals surface area contributed by atoms with Gasteiger partial charge in [0.25, 0.3) is 0 Å². The highest BCUT2D eigenvalue weighted by Crippen LogP contribution is 2.06. The van der Waals surface area contributed by atoms with Gasteiger partial charge in [0.05, 0.1) is 19.1 Å². The van der Waals surface area contributed by atoms with Crippen LogP contribution in [0.1, 0.15) is 16.2 Å². The number of methoxy groups -OCH3 is 1. The summed E-state index contributed by atoms with van der Waals surface area (Å²) in [6.45, 7) is 0. The minimum Gasteiger partial charge on any atom is -0.464 e. The number of hydrogen-bond donors (Lipinski definition) is 2. The molecule has 1 rings (SSSR count). The van der Waals surface area contributed by atoms with Crippen LogP contribution in [0.2, 0.25) is 0 Å². The molecule has 0 spiro atoms. The molecule has 0 unspecified atom stereocenters. The third-order valence-electron chi connectivity index (χ3n) is 1.26. The predicted molar refractivity (Wildman–Crippen MR) is 42.6 cm³/mol. The molecular formula is C6H8N2O2S.